The molecule has 1 aromatic carbocycles. The van der Waals surface area contributed by atoms with Crippen LogP contribution in [0.4, 0.5) is 9.59 Å². The van der Waals surface area contributed by atoms with Crippen molar-refractivity contribution in [1.82, 2.24) is 10.6 Å². The maximum atomic E-state index is 13.1. The lowest BCUT2D eigenvalue weighted by Gasteiger charge is -2.39. The standard InChI is InChI=1S/C33H55N3O8/c1-31(2,3)42-28(38)24-36(22-14-19-34-29(39)43-32(4,5)6,23-15-20-35-30(40)44-33(7,8)9)21-13-18-27(37)41-25-26-16-11-10-12-17-26/h10-12,16-17H,13-15,18-25H2,1-9H3,(H-,34,35,39,40)/p+1. The molecule has 0 bridgehead atoms. The minimum atomic E-state index is -0.662. The average Bonchev–Trinajstić information content (AvgIpc) is 2.85. The number of nitrogens with one attached hydrogen (secondary N) is 2. The Morgan fingerprint density at radius 3 is 1.55 bits per heavy atom. The van der Waals surface area contributed by atoms with Gasteiger partial charge in [0.1, 0.15) is 23.4 Å². The van der Waals surface area contributed by atoms with E-state index in [1.54, 1.807) is 41.5 Å². The van der Waals surface area contributed by atoms with Crippen LogP contribution in [-0.4, -0.2) is 84.7 Å². The van der Waals surface area contributed by atoms with Gasteiger partial charge in [-0.2, -0.15) is 0 Å². The van der Waals surface area contributed by atoms with Crippen molar-refractivity contribution in [2.45, 2.75) is 111 Å². The van der Waals surface area contributed by atoms with Crippen molar-refractivity contribution in [3.05, 3.63) is 35.9 Å². The first kappa shape index (κ1) is 38.7. The van der Waals surface area contributed by atoms with Crippen LogP contribution in [0.25, 0.3) is 0 Å². The van der Waals surface area contributed by atoms with Crippen molar-refractivity contribution < 1.29 is 42.6 Å². The van der Waals surface area contributed by atoms with E-state index in [1.165, 1.54) is 0 Å². The maximum absolute atomic E-state index is 13.1. The van der Waals surface area contributed by atoms with Crippen LogP contribution < -0.4 is 10.6 Å². The van der Waals surface area contributed by atoms with Crippen molar-refractivity contribution in [1.29, 1.82) is 0 Å². The summed E-state index contributed by atoms with van der Waals surface area (Å²) in [5, 5.41) is 5.56. The van der Waals surface area contributed by atoms with Gasteiger partial charge in [-0.15, -0.1) is 0 Å². The highest BCUT2D eigenvalue weighted by Crippen LogP contribution is 2.17. The predicted octanol–water partition coefficient (Wildman–Crippen LogP) is 5.50. The van der Waals surface area contributed by atoms with Gasteiger partial charge in [0.15, 0.2) is 6.54 Å². The number of hydrogen-bond donors (Lipinski definition) is 2. The molecule has 1 rings (SSSR count). The minimum Gasteiger partial charge on any atom is -0.461 e. The van der Waals surface area contributed by atoms with Crippen molar-refractivity contribution in [3.8, 4) is 0 Å². The smallest absolute Gasteiger partial charge is 0.407 e. The van der Waals surface area contributed by atoms with Crippen LogP contribution in [0.15, 0.2) is 30.3 Å². The molecule has 0 radical (unpaired) electrons. The molecule has 0 saturated carbocycles. The molecule has 0 aliphatic heterocycles. The number of quaternary nitrogens is 1. The van der Waals surface area contributed by atoms with Gasteiger partial charge in [-0.1, -0.05) is 30.3 Å². The van der Waals surface area contributed by atoms with Gasteiger partial charge in [-0.05, 0) is 67.9 Å². The third-order valence-corrected chi connectivity index (χ3v) is 6.10. The number of nitrogens with zero attached hydrogens (tertiary/aromatic N) is 1. The van der Waals surface area contributed by atoms with E-state index in [1.807, 2.05) is 51.1 Å². The summed E-state index contributed by atoms with van der Waals surface area (Å²) in [5.74, 6) is -0.674. The molecule has 0 atom stereocenters. The largest absolute Gasteiger partial charge is 0.461 e. The van der Waals surface area contributed by atoms with E-state index < -0.39 is 29.0 Å². The number of hydrogen-bond acceptors (Lipinski definition) is 8. The Kier molecular flexibility index (Phi) is 15.7. The van der Waals surface area contributed by atoms with Crippen LogP contribution >= 0.6 is 0 Å². The van der Waals surface area contributed by atoms with Gasteiger partial charge in [0, 0.05) is 32.4 Å². The zero-order chi connectivity index (χ0) is 33.4. The summed E-state index contributed by atoms with van der Waals surface area (Å²) < 4.78 is 22.1. The molecule has 11 nitrogen and oxygen atoms in total. The Balaban J connectivity index is 2.97. The Morgan fingerprint density at radius 1 is 0.636 bits per heavy atom. The van der Waals surface area contributed by atoms with Gasteiger partial charge < -0.3 is 34.1 Å². The molecule has 0 heterocycles. The van der Waals surface area contributed by atoms with Crippen LogP contribution in [0.1, 0.15) is 93.6 Å². The molecule has 250 valence electrons. The van der Waals surface area contributed by atoms with Gasteiger partial charge >= 0.3 is 24.1 Å². The predicted molar refractivity (Wildman–Crippen MR) is 169 cm³/mol. The lowest BCUT2D eigenvalue weighted by molar-refractivity contribution is -0.921. The Hall–Kier alpha value is -3.34. The van der Waals surface area contributed by atoms with Gasteiger partial charge in [0.25, 0.3) is 0 Å². The molecule has 2 amide bonds. The number of benzene rings is 1. The number of ether oxygens (including phenoxy) is 4. The monoisotopic (exact) mass is 622 g/mol. The van der Waals surface area contributed by atoms with E-state index in [9.17, 15) is 19.2 Å². The number of alkyl carbamates (subject to hydrolysis) is 2. The van der Waals surface area contributed by atoms with Gasteiger partial charge in [-0.3, -0.25) is 4.79 Å². The number of rotatable bonds is 16. The van der Waals surface area contributed by atoms with Gasteiger partial charge in [0.05, 0.1) is 26.1 Å². The number of carbonyl (C=O) groups excluding carboxylic acids is 4. The van der Waals surface area contributed by atoms with Crippen molar-refractivity contribution in [2.75, 3.05) is 39.3 Å². The second kappa shape index (κ2) is 17.8. The van der Waals surface area contributed by atoms with E-state index in [0.29, 0.717) is 56.5 Å². The summed E-state index contributed by atoms with van der Waals surface area (Å²) in [4.78, 5) is 50.1. The quantitative estimate of drug-likeness (QED) is 0.107. The first-order valence-corrected chi connectivity index (χ1v) is 15.5. The molecule has 0 unspecified atom stereocenters. The number of esters is 2. The summed E-state index contributed by atoms with van der Waals surface area (Å²) >= 11 is 0. The second-order valence-electron chi connectivity index (χ2n) is 14.1. The molecule has 0 aromatic heterocycles. The van der Waals surface area contributed by atoms with E-state index in [-0.39, 0.29) is 31.5 Å². The molecule has 44 heavy (non-hydrogen) atoms. The topological polar surface area (TPSA) is 129 Å². The van der Waals surface area contributed by atoms with E-state index in [4.69, 9.17) is 18.9 Å². The van der Waals surface area contributed by atoms with Gasteiger partial charge in [-0.25, -0.2) is 14.4 Å². The molecular weight excluding hydrogens is 566 g/mol. The zero-order valence-electron chi connectivity index (χ0n) is 28.4. The molecule has 0 aliphatic carbocycles. The summed E-state index contributed by atoms with van der Waals surface area (Å²) in [5.41, 5.74) is -0.982. The molecule has 0 fully saturated rings. The van der Waals surface area contributed by atoms with Gasteiger partial charge in [0.2, 0.25) is 0 Å². The fraction of sp³-hybridized carbons (Fsp3) is 0.697. The lowest BCUT2D eigenvalue weighted by Crippen LogP contribution is -2.55. The summed E-state index contributed by atoms with van der Waals surface area (Å²) in [7, 11) is 0. The Bertz CT molecular complexity index is 1000. The van der Waals surface area contributed by atoms with Crippen molar-refractivity contribution in [3.63, 3.8) is 0 Å². The number of amides is 2. The van der Waals surface area contributed by atoms with Crippen LogP contribution in [0.3, 0.4) is 0 Å². The Morgan fingerprint density at radius 2 is 1.09 bits per heavy atom. The van der Waals surface area contributed by atoms with Crippen LogP contribution in [0, 0.1) is 0 Å². The molecule has 11 heteroatoms. The summed E-state index contributed by atoms with van der Waals surface area (Å²) in [6.07, 6.45) is 0.763. The molecule has 1 aromatic rings. The molecule has 0 aliphatic rings. The normalized spacial score (nSPS) is 12.2. The van der Waals surface area contributed by atoms with Crippen LogP contribution in [0.5, 0.6) is 0 Å². The minimum absolute atomic E-state index is 0.0786. The van der Waals surface area contributed by atoms with E-state index >= 15 is 0 Å². The SMILES string of the molecule is CC(C)(C)OC(=O)C[N+](CCCNC(=O)OC(C)(C)C)(CCCNC(=O)OC(C)(C)C)CCCC(=O)OCc1ccccc1. The first-order chi connectivity index (χ1) is 20.3. The fourth-order valence-corrected chi connectivity index (χ4v) is 4.43. The molecule has 2 N–H and O–H groups in total. The summed E-state index contributed by atoms with van der Waals surface area (Å²) in [6.45, 7) is 18.8. The van der Waals surface area contributed by atoms with Crippen molar-refractivity contribution in [2.24, 2.45) is 0 Å². The first-order valence-electron chi connectivity index (χ1n) is 15.5. The molecular formula is C33H56N3O8+. The van der Waals surface area contributed by atoms with E-state index in [2.05, 4.69) is 10.6 Å². The average molecular weight is 623 g/mol. The highest BCUT2D eigenvalue weighted by Gasteiger charge is 2.33. The molecule has 0 spiro atoms. The highest BCUT2D eigenvalue weighted by atomic mass is 16.6. The van der Waals surface area contributed by atoms with E-state index in [0.717, 1.165) is 5.56 Å². The fourth-order valence-electron chi connectivity index (χ4n) is 4.43. The summed E-state index contributed by atoms with van der Waals surface area (Å²) in [6, 6.07) is 9.47. The lowest BCUT2D eigenvalue weighted by atomic mass is 10.1. The Labute approximate surface area is 263 Å². The second-order valence-corrected chi connectivity index (χ2v) is 14.1. The maximum Gasteiger partial charge on any atom is 0.407 e. The zero-order valence-corrected chi connectivity index (χ0v) is 28.4. The third-order valence-electron chi connectivity index (χ3n) is 6.10. The number of carbonyl (C=O) groups is 4. The third kappa shape index (κ3) is 19.8. The van der Waals surface area contributed by atoms with Crippen LogP contribution in [-0.2, 0) is 35.1 Å². The van der Waals surface area contributed by atoms with Crippen molar-refractivity contribution >= 4 is 24.1 Å². The van der Waals surface area contributed by atoms with Crippen LogP contribution in [0.2, 0.25) is 0 Å². The highest BCUT2D eigenvalue weighted by molar-refractivity contribution is 5.71. The molecule has 0 saturated heterocycles.